The van der Waals surface area contributed by atoms with Gasteiger partial charge < -0.3 is 10.4 Å². The fourth-order valence-electron chi connectivity index (χ4n) is 5.47. The van der Waals surface area contributed by atoms with Crippen LogP contribution in [0, 0.1) is 11.3 Å². The number of aliphatic hydroxyl groups excluding tert-OH is 1. The van der Waals surface area contributed by atoms with Gasteiger partial charge in [0.1, 0.15) is 0 Å². The summed E-state index contributed by atoms with van der Waals surface area (Å²) in [6.45, 7) is 3.50. The van der Waals surface area contributed by atoms with E-state index in [-0.39, 0.29) is 16.3 Å². The van der Waals surface area contributed by atoms with Gasteiger partial charge in [-0.1, -0.05) is 38.0 Å². The highest BCUT2D eigenvalue weighted by Gasteiger charge is 2.62. The average Bonchev–Trinajstić information content (AvgIpc) is 3.04. The Morgan fingerprint density at radius 1 is 1.14 bits per heavy atom. The summed E-state index contributed by atoms with van der Waals surface area (Å²) in [5, 5.41) is 14.6. The zero-order chi connectivity index (χ0) is 15.2. The van der Waals surface area contributed by atoms with Crippen molar-refractivity contribution in [3.63, 3.8) is 0 Å². The summed E-state index contributed by atoms with van der Waals surface area (Å²) in [6.07, 6.45) is 7.04. The molecule has 3 aliphatic rings. The first kappa shape index (κ1) is 15.0. The van der Waals surface area contributed by atoms with Gasteiger partial charge in [-0.2, -0.15) is 0 Å². The fourth-order valence-corrected chi connectivity index (χ4v) is 7.17. The molecular formula is C19H27NOS. The monoisotopic (exact) mass is 317 g/mol. The number of fused-ring (bicyclic) bond motifs is 2. The van der Waals surface area contributed by atoms with E-state index >= 15 is 0 Å². The molecule has 4 rings (SSSR count). The van der Waals surface area contributed by atoms with Crippen molar-refractivity contribution in [2.24, 2.45) is 11.3 Å². The van der Waals surface area contributed by atoms with Crippen LogP contribution in [-0.2, 0) is 0 Å². The van der Waals surface area contributed by atoms with Crippen molar-refractivity contribution in [1.29, 1.82) is 0 Å². The molecule has 5 atom stereocenters. The van der Waals surface area contributed by atoms with Crippen molar-refractivity contribution in [3.05, 3.63) is 30.3 Å². The van der Waals surface area contributed by atoms with Gasteiger partial charge in [-0.3, -0.25) is 0 Å². The molecule has 1 aromatic rings. The highest BCUT2D eigenvalue weighted by Crippen LogP contribution is 2.61. The Bertz CT molecular complexity index is 535. The summed E-state index contributed by atoms with van der Waals surface area (Å²) in [6, 6.07) is 11.3. The zero-order valence-corrected chi connectivity index (χ0v) is 14.2. The lowest BCUT2D eigenvalue weighted by atomic mass is 9.62. The molecule has 1 spiro atoms. The Hall–Kier alpha value is -0.510. The number of hydrogen-bond donors (Lipinski definition) is 2. The zero-order valence-electron chi connectivity index (χ0n) is 13.4. The molecule has 0 amide bonds. The SMILES string of the molecule is C[C@@H]1CN[C@H]2[C@]3(CCC[C@H]3O)CCC[C@@]12Sc1ccccc1. The van der Waals surface area contributed by atoms with Crippen LogP contribution in [0.3, 0.4) is 0 Å². The Morgan fingerprint density at radius 2 is 1.91 bits per heavy atom. The maximum Gasteiger partial charge on any atom is 0.0611 e. The first-order valence-corrected chi connectivity index (χ1v) is 9.65. The predicted octanol–water partition coefficient (Wildman–Crippen LogP) is 3.84. The highest BCUT2D eigenvalue weighted by atomic mass is 32.2. The van der Waals surface area contributed by atoms with E-state index in [9.17, 15) is 5.11 Å². The number of benzene rings is 1. The summed E-state index contributed by atoms with van der Waals surface area (Å²) >= 11 is 2.08. The number of nitrogens with one attached hydrogen (secondary N) is 1. The molecule has 1 aromatic carbocycles. The first-order chi connectivity index (χ1) is 10.7. The Kier molecular flexibility index (Phi) is 3.79. The van der Waals surface area contributed by atoms with Crippen molar-refractivity contribution < 1.29 is 5.11 Å². The third-order valence-corrected chi connectivity index (χ3v) is 8.30. The third kappa shape index (κ3) is 2.09. The van der Waals surface area contributed by atoms with Crippen molar-refractivity contribution in [3.8, 4) is 0 Å². The molecule has 1 aliphatic heterocycles. The quantitative estimate of drug-likeness (QED) is 0.869. The molecule has 0 aromatic heterocycles. The summed E-state index contributed by atoms with van der Waals surface area (Å²) in [5.74, 6) is 0.660. The van der Waals surface area contributed by atoms with Gasteiger partial charge in [0.15, 0.2) is 0 Å². The average molecular weight is 317 g/mol. The molecule has 1 saturated heterocycles. The maximum atomic E-state index is 10.8. The Labute approximate surface area is 138 Å². The van der Waals surface area contributed by atoms with Crippen LogP contribution >= 0.6 is 11.8 Å². The van der Waals surface area contributed by atoms with Crippen LogP contribution in [-0.4, -0.2) is 28.5 Å². The van der Waals surface area contributed by atoms with Gasteiger partial charge in [0.05, 0.1) is 6.10 Å². The van der Waals surface area contributed by atoms with E-state index in [4.69, 9.17) is 0 Å². The Balaban J connectivity index is 1.71. The minimum Gasteiger partial charge on any atom is -0.392 e. The van der Waals surface area contributed by atoms with Crippen LogP contribution in [0.4, 0.5) is 0 Å². The second-order valence-corrected chi connectivity index (χ2v) is 9.04. The lowest BCUT2D eigenvalue weighted by Crippen LogP contribution is -2.59. The van der Waals surface area contributed by atoms with E-state index < -0.39 is 0 Å². The molecule has 2 saturated carbocycles. The van der Waals surface area contributed by atoms with Gasteiger partial charge in [-0.05, 0) is 50.3 Å². The van der Waals surface area contributed by atoms with E-state index in [1.807, 2.05) is 0 Å². The minimum absolute atomic E-state index is 0.105. The van der Waals surface area contributed by atoms with Crippen molar-refractivity contribution in [2.45, 2.75) is 67.2 Å². The van der Waals surface area contributed by atoms with E-state index in [1.54, 1.807) is 0 Å². The molecule has 3 fully saturated rings. The van der Waals surface area contributed by atoms with E-state index in [0.29, 0.717) is 12.0 Å². The summed E-state index contributed by atoms with van der Waals surface area (Å²) < 4.78 is 0.255. The predicted molar refractivity (Wildman–Crippen MR) is 92.1 cm³/mol. The van der Waals surface area contributed by atoms with Gasteiger partial charge in [-0.15, -0.1) is 11.8 Å². The van der Waals surface area contributed by atoms with Crippen LogP contribution in [0.15, 0.2) is 35.2 Å². The number of thioether (sulfide) groups is 1. The van der Waals surface area contributed by atoms with Crippen LogP contribution in [0.1, 0.15) is 45.4 Å². The van der Waals surface area contributed by atoms with Gasteiger partial charge in [0.25, 0.3) is 0 Å². The molecule has 2 nitrogen and oxygen atoms in total. The summed E-state index contributed by atoms with van der Waals surface area (Å²) in [4.78, 5) is 1.38. The van der Waals surface area contributed by atoms with Gasteiger partial charge in [0, 0.05) is 21.1 Å². The van der Waals surface area contributed by atoms with Crippen molar-refractivity contribution in [1.82, 2.24) is 5.32 Å². The summed E-state index contributed by atoms with van der Waals surface area (Å²) in [7, 11) is 0. The molecule has 2 aliphatic carbocycles. The molecular weight excluding hydrogens is 290 g/mol. The lowest BCUT2D eigenvalue weighted by molar-refractivity contribution is -0.00869. The molecule has 22 heavy (non-hydrogen) atoms. The van der Waals surface area contributed by atoms with Crippen LogP contribution in [0.2, 0.25) is 0 Å². The molecule has 1 heterocycles. The first-order valence-electron chi connectivity index (χ1n) is 8.83. The number of aliphatic hydroxyl groups is 1. The van der Waals surface area contributed by atoms with E-state index in [1.165, 1.54) is 37.0 Å². The van der Waals surface area contributed by atoms with Crippen molar-refractivity contribution in [2.75, 3.05) is 6.54 Å². The number of rotatable bonds is 2. The van der Waals surface area contributed by atoms with Gasteiger partial charge in [-0.25, -0.2) is 0 Å². The number of hydrogen-bond acceptors (Lipinski definition) is 3. The molecule has 2 N–H and O–H groups in total. The molecule has 0 radical (unpaired) electrons. The topological polar surface area (TPSA) is 32.3 Å². The summed E-state index contributed by atoms with van der Waals surface area (Å²) in [5.41, 5.74) is 0.130. The normalized spacial score (nSPS) is 44.4. The van der Waals surface area contributed by atoms with Gasteiger partial charge >= 0.3 is 0 Å². The van der Waals surface area contributed by atoms with Crippen LogP contribution in [0.5, 0.6) is 0 Å². The second kappa shape index (κ2) is 5.54. The Morgan fingerprint density at radius 3 is 2.64 bits per heavy atom. The van der Waals surface area contributed by atoms with E-state index in [2.05, 4.69) is 54.3 Å². The van der Waals surface area contributed by atoms with Gasteiger partial charge in [0.2, 0.25) is 0 Å². The molecule has 0 unspecified atom stereocenters. The second-order valence-electron chi connectivity index (χ2n) is 7.61. The lowest BCUT2D eigenvalue weighted by Gasteiger charge is -2.52. The van der Waals surface area contributed by atoms with Crippen molar-refractivity contribution >= 4 is 11.8 Å². The smallest absolute Gasteiger partial charge is 0.0611 e. The molecule has 3 heteroatoms. The standard InChI is InChI=1S/C19H27NOS/c1-14-13-20-17-18(10-5-9-16(18)21)11-6-12-19(14,17)22-15-7-3-2-4-8-15/h2-4,7-8,14,16-17,20-21H,5-6,9-13H2,1H3/t14-,16-,17+,18-,19-/m1/s1. The van der Waals surface area contributed by atoms with E-state index in [0.717, 1.165) is 13.0 Å². The molecule has 0 bridgehead atoms. The van der Waals surface area contributed by atoms with Crippen LogP contribution in [0.25, 0.3) is 0 Å². The minimum atomic E-state index is -0.105. The van der Waals surface area contributed by atoms with Crippen LogP contribution < -0.4 is 5.32 Å². The molecule has 120 valence electrons. The largest absolute Gasteiger partial charge is 0.392 e. The maximum absolute atomic E-state index is 10.8. The highest BCUT2D eigenvalue weighted by molar-refractivity contribution is 8.00. The fraction of sp³-hybridized carbons (Fsp3) is 0.684. The third-order valence-electron chi connectivity index (χ3n) is 6.57.